The Balaban J connectivity index is 1.97. The zero-order valence-electron chi connectivity index (χ0n) is 11.8. The summed E-state index contributed by atoms with van der Waals surface area (Å²) in [6.07, 6.45) is 3.38. The molecule has 0 bridgehead atoms. The van der Waals surface area contributed by atoms with Gasteiger partial charge < -0.3 is 15.0 Å². The second kappa shape index (κ2) is 7.50. The van der Waals surface area contributed by atoms with Crippen molar-refractivity contribution in [2.24, 2.45) is 0 Å². The van der Waals surface area contributed by atoms with Gasteiger partial charge in [0.1, 0.15) is 5.75 Å². The van der Waals surface area contributed by atoms with Crippen LogP contribution in [0.5, 0.6) is 5.75 Å². The molecule has 0 atom stereocenters. The highest BCUT2D eigenvalue weighted by molar-refractivity contribution is 6.32. The van der Waals surface area contributed by atoms with Crippen molar-refractivity contribution in [1.82, 2.24) is 10.2 Å². The number of amides is 1. The number of nitrogens with zero attached hydrogens (tertiary/aromatic N) is 1. The van der Waals surface area contributed by atoms with Crippen molar-refractivity contribution in [1.29, 1.82) is 0 Å². The van der Waals surface area contributed by atoms with E-state index in [0.717, 1.165) is 31.5 Å². The first-order valence-corrected chi connectivity index (χ1v) is 7.42. The van der Waals surface area contributed by atoms with Crippen LogP contribution in [0.2, 0.25) is 5.02 Å². The molecule has 1 saturated heterocycles. The lowest BCUT2D eigenvalue weighted by Gasteiger charge is -2.26. The molecule has 20 heavy (non-hydrogen) atoms. The van der Waals surface area contributed by atoms with E-state index in [1.165, 1.54) is 6.42 Å². The number of para-hydroxylation sites is 1. The number of hydrogen-bond donors (Lipinski definition) is 1. The molecule has 1 amide bonds. The highest BCUT2D eigenvalue weighted by Gasteiger charge is 2.18. The summed E-state index contributed by atoms with van der Waals surface area (Å²) in [7, 11) is 1.86. The molecule has 1 aromatic rings. The third-order valence-corrected chi connectivity index (χ3v) is 3.76. The lowest BCUT2D eigenvalue weighted by molar-refractivity contribution is -0.134. The highest BCUT2D eigenvalue weighted by atomic mass is 35.5. The largest absolute Gasteiger partial charge is 0.482 e. The number of likely N-dealkylation sites (tertiary alicyclic amines) is 1. The Kier molecular flexibility index (Phi) is 5.68. The molecule has 1 aliphatic rings. The Morgan fingerprint density at radius 3 is 2.80 bits per heavy atom. The molecule has 2 rings (SSSR count). The van der Waals surface area contributed by atoms with E-state index in [-0.39, 0.29) is 12.5 Å². The van der Waals surface area contributed by atoms with Gasteiger partial charge >= 0.3 is 0 Å². The van der Waals surface area contributed by atoms with Gasteiger partial charge in [-0.15, -0.1) is 0 Å². The maximum atomic E-state index is 12.1. The third kappa shape index (κ3) is 3.87. The number of benzene rings is 1. The van der Waals surface area contributed by atoms with Crippen LogP contribution in [-0.4, -0.2) is 37.6 Å². The smallest absolute Gasteiger partial charge is 0.260 e. The molecule has 0 saturated carbocycles. The van der Waals surface area contributed by atoms with Crippen LogP contribution in [0.4, 0.5) is 0 Å². The van der Waals surface area contributed by atoms with Crippen LogP contribution in [0.25, 0.3) is 0 Å². The quantitative estimate of drug-likeness (QED) is 0.907. The van der Waals surface area contributed by atoms with Crippen LogP contribution in [0.3, 0.4) is 0 Å². The highest BCUT2D eigenvalue weighted by Crippen LogP contribution is 2.28. The van der Waals surface area contributed by atoms with Crippen LogP contribution in [0.1, 0.15) is 24.8 Å². The maximum absolute atomic E-state index is 12.1. The number of nitrogens with one attached hydrogen (secondary N) is 1. The summed E-state index contributed by atoms with van der Waals surface area (Å²) in [4.78, 5) is 14.0. The molecule has 0 radical (unpaired) electrons. The molecule has 0 aliphatic carbocycles. The normalized spacial score (nSPS) is 15.2. The second-order valence-electron chi connectivity index (χ2n) is 4.99. The van der Waals surface area contributed by atoms with E-state index in [1.807, 2.05) is 24.1 Å². The van der Waals surface area contributed by atoms with Gasteiger partial charge in [-0.2, -0.15) is 0 Å². The first-order chi connectivity index (χ1) is 9.72. The van der Waals surface area contributed by atoms with Gasteiger partial charge in [0.15, 0.2) is 6.61 Å². The van der Waals surface area contributed by atoms with Gasteiger partial charge in [-0.1, -0.05) is 23.7 Å². The number of halogens is 1. The zero-order chi connectivity index (χ0) is 14.4. The molecule has 0 spiro atoms. The van der Waals surface area contributed by atoms with Crippen molar-refractivity contribution in [2.45, 2.75) is 25.8 Å². The molecule has 5 heteroatoms. The SMILES string of the molecule is CNCc1cccc(Cl)c1OCC(=O)N1CCCCC1. The van der Waals surface area contributed by atoms with Gasteiger partial charge in [-0.25, -0.2) is 0 Å². The van der Waals surface area contributed by atoms with Crippen LogP contribution in [0, 0.1) is 0 Å². The van der Waals surface area contributed by atoms with Crippen LogP contribution < -0.4 is 10.1 Å². The average molecular weight is 297 g/mol. The molecule has 1 aromatic carbocycles. The van der Waals surface area contributed by atoms with Gasteiger partial charge in [-0.3, -0.25) is 4.79 Å². The third-order valence-electron chi connectivity index (χ3n) is 3.46. The topological polar surface area (TPSA) is 41.6 Å². The minimum absolute atomic E-state index is 0.0417. The molecule has 1 aliphatic heterocycles. The summed E-state index contributed by atoms with van der Waals surface area (Å²) in [5, 5.41) is 3.61. The Bertz CT molecular complexity index is 459. The van der Waals surface area contributed by atoms with Crippen LogP contribution >= 0.6 is 11.6 Å². The second-order valence-corrected chi connectivity index (χ2v) is 5.40. The first-order valence-electron chi connectivity index (χ1n) is 7.05. The molecular formula is C15H21ClN2O2. The minimum atomic E-state index is 0.0417. The summed E-state index contributed by atoms with van der Waals surface area (Å²) in [5.41, 5.74) is 0.964. The molecule has 110 valence electrons. The fraction of sp³-hybridized carbons (Fsp3) is 0.533. The number of piperidine rings is 1. The lowest BCUT2D eigenvalue weighted by atomic mass is 10.1. The van der Waals surface area contributed by atoms with E-state index >= 15 is 0 Å². The zero-order valence-corrected chi connectivity index (χ0v) is 12.6. The summed E-state index contributed by atoms with van der Waals surface area (Å²) in [6.45, 7) is 2.40. The lowest BCUT2D eigenvalue weighted by Crippen LogP contribution is -2.38. The number of carbonyl (C=O) groups excluding carboxylic acids is 1. The Morgan fingerprint density at radius 2 is 2.10 bits per heavy atom. The first kappa shape index (κ1) is 15.1. The number of carbonyl (C=O) groups is 1. The molecule has 1 fully saturated rings. The summed E-state index contributed by atoms with van der Waals surface area (Å²) < 4.78 is 5.67. The molecule has 0 unspecified atom stereocenters. The average Bonchev–Trinajstić information content (AvgIpc) is 2.47. The number of rotatable bonds is 5. The Hall–Kier alpha value is -1.26. The van der Waals surface area contributed by atoms with Gasteiger partial charge in [0.2, 0.25) is 0 Å². The van der Waals surface area contributed by atoms with Gasteiger partial charge in [0, 0.05) is 25.2 Å². The van der Waals surface area contributed by atoms with E-state index in [4.69, 9.17) is 16.3 Å². The van der Waals surface area contributed by atoms with Gasteiger partial charge in [0.05, 0.1) is 5.02 Å². The molecular weight excluding hydrogens is 276 g/mol. The summed E-state index contributed by atoms with van der Waals surface area (Å²) in [6, 6.07) is 5.61. The Labute approximate surface area is 125 Å². The van der Waals surface area contributed by atoms with Crippen molar-refractivity contribution in [2.75, 3.05) is 26.7 Å². The monoisotopic (exact) mass is 296 g/mol. The molecule has 4 nitrogen and oxygen atoms in total. The molecule has 1 N–H and O–H groups in total. The molecule has 1 heterocycles. The van der Waals surface area contributed by atoms with Crippen LogP contribution in [-0.2, 0) is 11.3 Å². The standard InChI is InChI=1S/C15H21ClN2O2/c1-17-10-12-6-5-7-13(16)15(12)20-11-14(19)18-8-3-2-4-9-18/h5-7,17H,2-4,8-11H2,1H3. The van der Waals surface area contributed by atoms with Crippen molar-refractivity contribution >= 4 is 17.5 Å². The van der Waals surface area contributed by atoms with E-state index in [0.29, 0.717) is 17.3 Å². The summed E-state index contributed by atoms with van der Waals surface area (Å²) >= 11 is 6.16. The van der Waals surface area contributed by atoms with E-state index in [9.17, 15) is 4.79 Å². The van der Waals surface area contributed by atoms with E-state index in [1.54, 1.807) is 6.07 Å². The van der Waals surface area contributed by atoms with Crippen molar-refractivity contribution in [3.8, 4) is 5.75 Å². The fourth-order valence-electron chi connectivity index (χ4n) is 2.41. The van der Waals surface area contributed by atoms with Crippen molar-refractivity contribution in [3.05, 3.63) is 28.8 Å². The van der Waals surface area contributed by atoms with Crippen molar-refractivity contribution in [3.63, 3.8) is 0 Å². The number of hydrogen-bond acceptors (Lipinski definition) is 3. The predicted octanol–water partition coefficient (Wildman–Crippen LogP) is 2.45. The van der Waals surface area contributed by atoms with Gasteiger partial charge in [0.25, 0.3) is 5.91 Å². The van der Waals surface area contributed by atoms with Crippen molar-refractivity contribution < 1.29 is 9.53 Å². The predicted molar refractivity (Wildman–Crippen MR) is 80.1 cm³/mol. The fourth-order valence-corrected chi connectivity index (χ4v) is 2.66. The van der Waals surface area contributed by atoms with Gasteiger partial charge in [-0.05, 0) is 32.4 Å². The van der Waals surface area contributed by atoms with E-state index in [2.05, 4.69) is 5.32 Å². The van der Waals surface area contributed by atoms with Crippen LogP contribution in [0.15, 0.2) is 18.2 Å². The number of ether oxygens (including phenoxy) is 1. The Morgan fingerprint density at radius 1 is 1.35 bits per heavy atom. The molecule has 0 aromatic heterocycles. The summed E-state index contributed by atoms with van der Waals surface area (Å²) in [5.74, 6) is 0.647. The maximum Gasteiger partial charge on any atom is 0.260 e. The van der Waals surface area contributed by atoms with E-state index < -0.39 is 0 Å². The minimum Gasteiger partial charge on any atom is -0.482 e.